The van der Waals surface area contributed by atoms with Gasteiger partial charge in [-0.2, -0.15) is 17.6 Å². The van der Waals surface area contributed by atoms with Crippen molar-refractivity contribution in [1.82, 2.24) is 19.3 Å². The number of likely N-dealkylation sites (tertiary alicyclic amines) is 1. The minimum absolute atomic E-state index is 0.0139. The second-order valence-corrected chi connectivity index (χ2v) is 8.96. The van der Waals surface area contributed by atoms with E-state index in [4.69, 9.17) is 9.47 Å². The minimum Gasteiger partial charge on any atom is -0.494 e. The molecule has 1 saturated heterocycles. The van der Waals surface area contributed by atoms with E-state index in [9.17, 15) is 22.4 Å². The van der Waals surface area contributed by atoms with Crippen molar-refractivity contribution in [2.24, 2.45) is 0 Å². The Morgan fingerprint density at radius 1 is 1.13 bits per heavy atom. The van der Waals surface area contributed by atoms with Gasteiger partial charge in [0.25, 0.3) is 0 Å². The van der Waals surface area contributed by atoms with Gasteiger partial charge in [-0.25, -0.2) is 9.97 Å². The first kappa shape index (κ1) is 26.2. The van der Waals surface area contributed by atoms with Gasteiger partial charge in [-0.15, -0.1) is 0 Å². The zero-order valence-electron chi connectivity index (χ0n) is 20.9. The van der Waals surface area contributed by atoms with Crippen LogP contribution in [0.2, 0.25) is 0 Å². The van der Waals surface area contributed by atoms with E-state index in [1.807, 2.05) is 0 Å². The minimum atomic E-state index is -4.75. The fraction of sp³-hybridized carbons (Fsp3) is 0.250. The normalized spacial score (nSPS) is 15.8. The van der Waals surface area contributed by atoms with E-state index in [0.29, 0.717) is 24.4 Å². The first-order valence-corrected chi connectivity index (χ1v) is 12.2. The van der Waals surface area contributed by atoms with Crippen molar-refractivity contribution in [3.05, 3.63) is 84.8 Å². The molecule has 1 amide bonds. The second-order valence-electron chi connectivity index (χ2n) is 8.96. The number of alkyl halides is 3. The molecule has 2 aromatic heterocycles. The van der Waals surface area contributed by atoms with Crippen molar-refractivity contribution < 1.29 is 31.8 Å². The molecule has 7 nitrogen and oxygen atoms in total. The van der Waals surface area contributed by atoms with Crippen molar-refractivity contribution in [2.45, 2.75) is 31.5 Å². The Morgan fingerprint density at radius 3 is 2.56 bits per heavy atom. The van der Waals surface area contributed by atoms with Crippen LogP contribution in [0.15, 0.2) is 67.5 Å². The highest BCUT2D eigenvalue weighted by atomic mass is 19.4. The number of aromatic nitrogens is 3. The van der Waals surface area contributed by atoms with Gasteiger partial charge in [0, 0.05) is 24.5 Å². The molecule has 39 heavy (non-hydrogen) atoms. The van der Waals surface area contributed by atoms with Gasteiger partial charge in [0.05, 0.1) is 18.8 Å². The average molecular weight is 541 g/mol. The van der Waals surface area contributed by atoms with Crippen LogP contribution in [0.5, 0.6) is 17.2 Å². The summed E-state index contributed by atoms with van der Waals surface area (Å²) in [6, 6.07) is 10.0. The number of carbonyl (C=O) groups is 1. The van der Waals surface area contributed by atoms with E-state index < -0.39 is 23.7 Å². The molecule has 0 N–H and O–H groups in total. The summed E-state index contributed by atoms with van der Waals surface area (Å²) in [5.41, 5.74) is -0.881. The predicted molar refractivity (Wildman–Crippen MR) is 135 cm³/mol. The third-order valence-electron chi connectivity index (χ3n) is 6.61. The number of amides is 1. The standard InChI is InChI=1S/C28H24F4N4O3/c1-3-22(37)35-15-5-4-7-19(35)27-34-24(25-26(28(30,31)32)33-14-16-36(25)27)17-10-12-18(13-11-17)39-21-9-6-8-20(38-2)23(21)29/h3,6,8-14,16,19H,1,4-5,7,15H2,2H3. The molecule has 1 atom stereocenters. The Hall–Kier alpha value is -4.41. The molecule has 1 aliphatic rings. The molecule has 1 unspecified atom stereocenters. The van der Waals surface area contributed by atoms with Crippen LogP contribution in [0.1, 0.15) is 36.8 Å². The van der Waals surface area contributed by atoms with Crippen molar-refractivity contribution in [1.29, 1.82) is 0 Å². The molecule has 0 spiro atoms. The van der Waals surface area contributed by atoms with Crippen LogP contribution in [-0.2, 0) is 11.0 Å². The van der Waals surface area contributed by atoms with Crippen LogP contribution < -0.4 is 9.47 Å². The number of ether oxygens (including phenoxy) is 2. The number of hydrogen-bond acceptors (Lipinski definition) is 5. The van der Waals surface area contributed by atoms with Crippen LogP contribution in [0.25, 0.3) is 16.8 Å². The second kappa shape index (κ2) is 10.4. The van der Waals surface area contributed by atoms with Gasteiger partial charge in [-0.05, 0) is 61.7 Å². The summed E-state index contributed by atoms with van der Waals surface area (Å²) >= 11 is 0. The molecular weight excluding hydrogens is 516 g/mol. The van der Waals surface area contributed by atoms with Crippen LogP contribution >= 0.6 is 0 Å². The maximum Gasteiger partial charge on any atom is 0.435 e. The maximum absolute atomic E-state index is 14.5. The van der Waals surface area contributed by atoms with Crippen LogP contribution in [-0.4, -0.2) is 38.8 Å². The number of hydrogen-bond donors (Lipinski definition) is 0. The Morgan fingerprint density at radius 2 is 1.87 bits per heavy atom. The number of rotatable bonds is 6. The molecule has 11 heteroatoms. The topological polar surface area (TPSA) is 69.0 Å². The summed E-state index contributed by atoms with van der Waals surface area (Å²) < 4.78 is 68.7. The highest BCUT2D eigenvalue weighted by Crippen LogP contribution is 2.40. The molecule has 1 fully saturated rings. The molecule has 202 valence electrons. The smallest absolute Gasteiger partial charge is 0.435 e. The number of fused-ring (bicyclic) bond motifs is 1. The lowest BCUT2D eigenvalue weighted by molar-refractivity contribution is -0.140. The molecular formula is C28H24F4N4O3. The Bertz CT molecular complexity index is 1530. The van der Waals surface area contributed by atoms with Gasteiger partial charge < -0.3 is 14.4 Å². The Balaban J connectivity index is 1.60. The maximum atomic E-state index is 14.5. The molecule has 0 saturated carbocycles. The van der Waals surface area contributed by atoms with E-state index in [1.165, 1.54) is 48.0 Å². The van der Waals surface area contributed by atoms with E-state index in [1.54, 1.807) is 23.1 Å². The zero-order valence-corrected chi connectivity index (χ0v) is 20.9. The summed E-state index contributed by atoms with van der Waals surface area (Å²) in [7, 11) is 1.34. The molecule has 5 rings (SSSR count). The highest BCUT2D eigenvalue weighted by Gasteiger charge is 2.39. The zero-order chi connectivity index (χ0) is 27.7. The first-order chi connectivity index (χ1) is 18.7. The van der Waals surface area contributed by atoms with Crippen LogP contribution in [0, 0.1) is 5.82 Å². The lowest BCUT2D eigenvalue weighted by Crippen LogP contribution is -2.38. The van der Waals surface area contributed by atoms with Crippen molar-refractivity contribution in [3.63, 3.8) is 0 Å². The molecule has 1 aliphatic heterocycles. The number of piperidine rings is 1. The van der Waals surface area contributed by atoms with E-state index >= 15 is 0 Å². The van der Waals surface area contributed by atoms with Crippen molar-refractivity contribution in [2.75, 3.05) is 13.7 Å². The van der Waals surface area contributed by atoms with E-state index in [0.717, 1.165) is 19.0 Å². The quantitative estimate of drug-likeness (QED) is 0.204. The number of methoxy groups -OCH3 is 1. The van der Waals surface area contributed by atoms with Gasteiger partial charge in [-0.1, -0.05) is 12.6 Å². The third kappa shape index (κ3) is 4.91. The van der Waals surface area contributed by atoms with Gasteiger partial charge in [0.1, 0.15) is 17.1 Å². The molecule has 3 heterocycles. The molecule has 0 radical (unpaired) electrons. The summed E-state index contributed by atoms with van der Waals surface area (Å²) in [6.07, 6.45) is 1.06. The van der Waals surface area contributed by atoms with E-state index in [2.05, 4.69) is 16.5 Å². The highest BCUT2D eigenvalue weighted by molar-refractivity contribution is 5.87. The summed E-state index contributed by atoms with van der Waals surface area (Å²) in [5, 5.41) is 0. The number of imidazole rings is 1. The summed E-state index contributed by atoms with van der Waals surface area (Å²) in [5.74, 6) is -0.472. The number of nitrogens with zero attached hydrogens (tertiary/aromatic N) is 4. The third-order valence-corrected chi connectivity index (χ3v) is 6.61. The monoisotopic (exact) mass is 540 g/mol. The summed E-state index contributed by atoms with van der Waals surface area (Å²) in [4.78, 5) is 22.4. The van der Waals surface area contributed by atoms with Gasteiger partial charge >= 0.3 is 6.18 Å². The Labute approximate surface area is 221 Å². The first-order valence-electron chi connectivity index (χ1n) is 12.2. The van der Waals surface area contributed by atoms with Crippen LogP contribution in [0.3, 0.4) is 0 Å². The fourth-order valence-corrected chi connectivity index (χ4v) is 4.82. The number of carbonyl (C=O) groups excluding carboxylic acids is 1. The predicted octanol–water partition coefficient (Wildman–Crippen LogP) is 6.59. The van der Waals surface area contributed by atoms with E-state index in [-0.39, 0.29) is 34.4 Å². The lowest BCUT2D eigenvalue weighted by atomic mass is 10.0. The number of benzene rings is 2. The summed E-state index contributed by atoms with van der Waals surface area (Å²) in [6.45, 7) is 4.01. The SMILES string of the molecule is C=CC(=O)N1CCCCC1c1nc(-c2ccc(Oc3cccc(OC)c3F)cc2)c2c(C(F)(F)F)nccn12. The Kier molecular flexibility index (Phi) is 6.98. The van der Waals surface area contributed by atoms with Crippen molar-refractivity contribution >= 4 is 11.4 Å². The van der Waals surface area contributed by atoms with Gasteiger partial charge in [0.15, 0.2) is 17.2 Å². The largest absolute Gasteiger partial charge is 0.494 e. The van der Waals surface area contributed by atoms with Gasteiger partial charge in [-0.3, -0.25) is 9.20 Å². The van der Waals surface area contributed by atoms with Crippen molar-refractivity contribution in [3.8, 4) is 28.5 Å². The van der Waals surface area contributed by atoms with Crippen LogP contribution in [0.4, 0.5) is 17.6 Å². The molecule has 2 aromatic carbocycles. The van der Waals surface area contributed by atoms with Gasteiger partial charge in [0.2, 0.25) is 11.7 Å². The molecule has 0 bridgehead atoms. The molecule has 4 aromatic rings. The number of halogens is 4. The molecule has 0 aliphatic carbocycles. The average Bonchev–Trinajstić information content (AvgIpc) is 3.33. The fourth-order valence-electron chi connectivity index (χ4n) is 4.82. The lowest BCUT2D eigenvalue weighted by Gasteiger charge is -2.34.